The minimum atomic E-state index is -0.752. The maximum atomic E-state index is 11.3. The average Bonchev–Trinajstić information content (AvgIpc) is 1.55. The Kier molecular flexibility index (Phi) is 11.6. The highest BCUT2D eigenvalue weighted by atomic mass is 16.3. The predicted molar refractivity (Wildman–Crippen MR) is 363 cm³/mol. The van der Waals surface area contributed by atoms with Crippen LogP contribution < -0.4 is 0 Å². The van der Waals surface area contributed by atoms with Gasteiger partial charge in [0, 0.05) is 0 Å². The summed E-state index contributed by atoms with van der Waals surface area (Å²) in [7, 11) is 0. The summed E-state index contributed by atoms with van der Waals surface area (Å²) in [6, 6.07) is 110. The van der Waals surface area contributed by atoms with Gasteiger partial charge in [-0.25, -0.2) is 0 Å². The summed E-state index contributed by atoms with van der Waals surface area (Å²) in [5, 5.41) is 28.4. The number of benzene rings is 14. The van der Waals surface area contributed by atoms with Crippen LogP contribution in [0.5, 0.6) is 11.5 Å². The summed E-state index contributed by atoms with van der Waals surface area (Å²) in [5.41, 5.74) is 24.2. The van der Waals surface area contributed by atoms with Crippen LogP contribution in [-0.2, 0) is 29.1 Å². The number of fused-ring (bicyclic) bond motifs is 12. The van der Waals surface area contributed by atoms with Crippen LogP contribution >= 0.6 is 0 Å². The molecule has 17 rings (SSSR count). The topological polar surface area (TPSA) is 40.5 Å². The fraction of sp³-hybridized carbons (Fsp3) is 0.0930. The van der Waals surface area contributed by atoms with Gasteiger partial charge in [0.2, 0.25) is 0 Å². The van der Waals surface area contributed by atoms with E-state index in [2.05, 4.69) is 281 Å². The molecule has 2 N–H and O–H groups in total. The van der Waals surface area contributed by atoms with Gasteiger partial charge in [0.05, 0.1) is 16.2 Å². The summed E-state index contributed by atoms with van der Waals surface area (Å²) in [6.07, 6.45) is 1.67. The highest BCUT2D eigenvalue weighted by molar-refractivity contribution is 5.94. The second-order valence-electron chi connectivity index (χ2n) is 25.3. The molecule has 1 unspecified atom stereocenters. The van der Waals surface area contributed by atoms with Gasteiger partial charge in [-0.05, 0) is 210 Å². The van der Waals surface area contributed by atoms with E-state index in [0.717, 1.165) is 39.1 Å². The second-order valence-corrected chi connectivity index (χ2v) is 25.3. The Hall–Kier alpha value is -10.5. The number of hydrogen-bond acceptors (Lipinski definition) is 2. The summed E-state index contributed by atoms with van der Waals surface area (Å²) in [5.74, 6) is 1.04. The smallest absolute Gasteiger partial charge is 0.116 e. The lowest BCUT2D eigenvalue weighted by molar-refractivity contribution is 0.475. The van der Waals surface area contributed by atoms with Crippen molar-refractivity contribution >= 4 is 32.3 Å². The molecule has 14 aromatic carbocycles. The number of aromatic hydroxyl groups is 2. The molecule has 0 aliphatic heterocycles. The lowest BCUT2D eigenvalue weighted by Gasteiger charge is -2.39. The SMILES string of the molecule is CC(C)Cc1ccc2c(c1)-c1ccccc1C2(Cc1cc2cc(O)ccc2cc1C1(c2ccc(-c3ccc(C4(c5ccc6cc(O)ccc6c5)c5ccccc5-c5ccccc54)cc3)cc2)c2ccccc2-c2ccccc21)c1ccc2ccccc2c1. The molecular formula is C86H62O2. The minimum Gasteiger partial charge on any atom is -0.508 e. The van der Waals surface area contributed by atoms with Crippen molar-refractivity contribution in [2.24, 2.45) is 5.92 Å². The molecule has 1 atom stereocenters. The van der Waals surface area contributed by atoms with E-state index in [1.165, 1.54) is 116 Å². The van der Waals surface area contributed by atoms with Gasteiger partial charge in [-0.15, -0.1) is 0 Å². The van der Waals surface area contributed by atoms with E-state index in [4.69, 9.17) is 0 Å². The van der Waals surface area contributed by atoms with Gasteiger partial charge in [0.1, 0.15) is 11.5 Å². The average molecular weight is 1130 g/mol. The Bertz CT molecular complexity index is 5070. The highest BCUT2D eigenvalue weighted by Crippen LogP contribution is 2.61. The third-order valence-electron chi connectivity index (χ3n) is 20.1. The molecule has 88 heavy (non-hydrogen) atoms. The largest absolute Gasteiger partial charge is 0.508 e. The molecule has 2 nitrogen and oxygen atoms in total. The third kappa shape index (κ3) is 7.55. The molecule has 2 heteroatoms. The van der Waals surface area contributed by atoms with Crippen molar-refractivity contribution in [3.8, 4) is 56.0 Å². The molecular weight excluding hydrogens is 1060 g/mol. The van der Waals surface area contributed by atoms with Crippen molar-refractivity contribution in [2.45, 2.75) is 42.9 Å². The fourth-order valence-corrected chi connectivity index (χ4v) is 16.5. The van der Waals surface area contributed by atoms with Crippen molar-refractivity contribution in [3.63, 3.8) is 0 Å². The maximum absolute atomic E-state index is 11.3. The van der Waals surface area contributed by atoms with E-state index < -0.39 is 16.2 Å². The first-order valence-corrected chi connectivity index (χ1v) is 31.0. The van der Waals surface area contributed by atoms with Crippen LogP contribution in [0.25, 0.3) is 76.8 Å². The van der Waals surface area contributed by atoms with E-state index in [9.17, 15) is 10.2 Å². The second kappa shape index (κ2) is 19.8. The van der Waals surface area contributed by atoms with Crippen molar-refractivity contribution in [1.29, 1.82) is 0 Å². The summed E-state index contributed by atoms with van der Waals surface area (Å²) in [4.78, 5) is 0. The fourth-order valence-electron chi connectivity index (χ4n) is 16.5. The van der Waals surface area contributed by atoms with Crippen LogP contribution in [-0.4, -0.2) is 10.2 Å². The number of phenolic OH excluding ortho intramolecular Hbond substituents is 2. The van der Waals surface area contributed by atoms with Gasteiger partial charge in [0.25, 0.3) is 0 Å². The van der Waals surface area contributed by atoms with Crippen molar-refractivity contribution < 1.29 is 10.2 Å². The molecule has 0 aromatic heterocycles. The van der Waals surface area contributed by atoms with Crippen molar-refractivity contribution in [3.05, 3.63) is 370 Å². The molecule has 0 bridgehead atoms. The first-order valence-electron chi connectivity index (χ1n) is 31.0. The summed E-state index contributed by atoms with van der Waals surface area (Å²) >= 11 is 0. The van der Waals surface area contributed by atoms with Crippen LogP contribution in [0.4, 0.5) is 0 Å². The van der Waals surface area contributed by atoms with Gasteiger partial charge in [-0.2, -0.15) is 0 Å². The van der Waals surface area contributed by atoms with E-state index in [1.54, 1.807) is 6.07 Å². The first kappa shape index (κ1) is 51.8. The first-order chi connectivity index (χ1) is 43.2. The molecule has 0 spiro atoms. The van der Waals surface area contributed by atoms with Gasteiger partial charge >= 0.3 is 0 Å². The Morgan fingerprint density at radius 1 is 0.284 bits per heavy atom. The Labute approximate surface area is 514 Å². The summed E-state index contributed by atoms with van der Waals surface area (Å²) in [6.45, 7) is 4.62. The molecule has 0 saturated carbocycles. The predicted octanol–water partition coefficient (Wildman–Crippen LogP) is 20.7. The Balaban J connectivity index is 0.867. The molecule has 0 heterocycles. The number of phenols is 2. The lowest BCUT2D eigenvalue weighted by atomic mass is 9.62. The van der Waals surface area contributed by atoms with E-state index in [1.807, 2.05) is 24.3 Å². The van der Waals surface area contributed by atoms with E-state index in [0.29, 0.717) is 12.3 Å². The van der Waals surface area contributed by atoms with Crippen LogP contribution in [0.15, 0.2) is 297 Å². The maximum Gasteiger partial charge on any atom is 0.116 e. The van der Waals surface area contributed by atoms with Gasteiger partial charge in [-0.1, -0.05) is 269 Å². The molecule has 14 aromatic rings. The monoisotopic (exact) mass is 1130 g/mol. The van der Waals surface area contributed by atoms with Gasteiger partial charge in [-0.3, -0.25) is 0 Å². The zero-order chi connectivity index (χ0) is 58.9. The molecule has 3 aliphatic rings. The molecule has 0 saturated heterocycles. The van der Waals surface area contributed by atoms with Crippen LogP contribution in [0.1, 0.15) is 86.2 Å². The molecule has 0 radical (unpaired) electrons. The number of rotatable bonds is 10. The molecule has 3 aliphatic carbocycles. The third-order valence-corrected chi connectivity index (χ3v) is 20.1. The van der Waals surface area contributed by atoms with Crippen LogP contribution in [0, 0.1) is 5.92 Å². The Morgan fingerprint density at radius 2 is 0.693 bits per heavy atom. The zero-order valence-corrected chi connectivity index (χ0v) is 49.2. The normalized spacial score (nSPS) is 15.4. The lowest BCUT2D eigenvalue weighted by Crippen LogP contribution is -2.34. The Morgan fingerprint density at radius 3 is 1.28 bits per heavy atom. The minimum absolute atomic E-state index is 0.253. The van der Waals surface area contributed by atoms with Crippen LogP contribution in [0.2, 0.25) is 0 Å². The van der Waals surface area contributed by atoms with E-state index in [-0.39, 0.29) is 11.5 Å². The molecule has 418 valence electrons. The number of hydrogen-bond donors (Lipinski definition) is 2. The van der Waals surface area contributed by atoms with Crippen molar-refractivity contribution in [2.75, 3.05) is 0 Å². The zero-order valence-electron chi connectivity index (χ0n) is 49.2. The standard InChI is InChI=1S/C86H62O2/c1-54(2)45-55-27-44-78-76(46-55)75-21-5-10-22-77(75)84(78,67-40-32-56-15-3-4-16-59(56)48-67)53-64-47-63-51-70(88)43-35-62(63)52-83(64)86(81-25-13-8-19-73(81)74-20-9-14-26-82(74)86)66-38-30-58(31-39-66)57-28-36-65(37-29-57)85(68-41-33-61-50-69(87)42-34-60(61)49-68)79-23-11-6-17-71(79)72-18-7-12-24-80(72)85/h3-44,46-52,54,87-88H,45,53H2,1-2H3. The molecule has 0 amide bonds. The quantitative estimate of drug-likeness (QED) is 0.143. The molecule has 0 fully saturated rings. The van der Waals surface area contributed by atoms with Gasteiger partial charge < -0.3 is 10.2 Å². The van der Waals surface area contributed by atoms with Crippen molar-refractivity contribution in [1.82, 2.24) is 0 Å². The van der Waals surface area contributed by atoms with Crippen LogP contribution in [0.3, 0.4) is 0 Å². The van der Waals surface area contributed by atoms with E-state index >= 15 is 0 Å². The highest BCUT2D eigenvalue weighted by Gasteiger charge is 2.51. The summed E-state index contributed by atoms with van der Waals surface area (Å²) < 4.78 is 0. The van der Waals surface area contributed by atoms with Gasteiger partial charge in [0.15, 0.2) is 0 Å².